The van der Waals surface area contributed by atoms with Crippen LogP contribution in [0.3, 0.4) is 0 Å². The molecule has 0 atom stereocenters. The van der Waals surface area contributed by atoms with Gasteiger partial charge >= 0.3 is 11.9 Å². The van der Waals surface area contributed by atoms with Crippen molar-refractivity contribution in [2.75, 3.05) is 0 Å². The van der Waals surface area contributed by atoms with Gasteiger partial charge in [-0.2, -0.15) is 0 Å². The normalized spacial score (nSPS) is 10.9. The molecule has 10 nitrogen and oxygen atoms in total. The molecule has 0 spiro atoms. The van der Waals surface area contributed by atoms with E-state index < -0.39 is 46.4 Å². The Morgan fingerprint density at radius 3 is 0.923 bits per heavy atom. The molecule has 2 rings (SSSR count). The zero-order chi connectivity index (χ0) is 28.6. The summed E-state index contributed by atoms with van der Waals surface area (Å²) in [5.74, 6) is -4.41. The number of benzene rings is 2. The number of phenols is 6. The van der Waals surface area contributed by atoms with E-state index in [1.165, 1.54) is 19.3 Å². The average molecular weight is 549 g/mol. The summed E-state index contributed by atoms with van der Waals surface area (Å²) in [5, 5.41) is 56.4. The van der Waals surface area contributed by atoms with Crippen LogP contribution in [0.15, 0.2) is 24.3 Å². The maximum Gasteiger partial charge on any atom is 0.311 e. The molecule has 0 aliphatic heterocycles. The van der Waals surface area contributed by atoms with E-state index in [0.29, 0.717) is 12.8 Å². The third-order valence-electron chi connectivity index (χ3n) is 6.31. The third-order valence-corrected chi connectivity index (χ3v) is 6.31. The monoisotopic (exact) mass is 548 g/mol. The quantitative estimate of drug-likeness (QED) is 0.0538. The lowest BCUT2D eigenvalue weighted by Gasteiger charge is -2.07. The van der Waals surface area contributed by atoms with E-state index in [-0.39, 0.29) is 24.3 Å². The summed E-state index contributed by atoms with van der Waals surface area (Å²) >= 11 is 0. The molecule has 0 unspecified atom stereocenters. The van der Waals surface area contributed by atoms with Crippen molar-refractivity contribution in [2.45, 2.75) is 96.3 Å². The van der Waals surface area contributed by atoms with Crippen molar-refractivity contribution in [1.29, 1.82) is 0 Å². The molecule has 0 aromatic heterocycles. The van der Waals surface area contributed by atoms with Crippen LogP contribution in [0.4, 0.5) is 0 Å². The lowest BCUT2D eigenvalue weighted by Crippen LogP contribution is -2.07. The highest BCUT2D eigenvalue weighted by atomic mass is 16.5. The van der Waals surface area contributed by atoms with E-state index >= 15 is 0 Å². The van der Waals surface area contributed by atoms with Gasteiger partial charge < -0.3 is 40.1 Å². The number of hydrogen-bond donors (Lipinski definition) is 6. The van der Waals surface area contributed by atoms with Gasteiger partial charge in [0, 0.05) is 37.1 Å². The highest BCUT2D eigenvalue weighted by Crippen LogP contribution is 2.39. The van der Waals surface area contributed by atoms with E-state index in [1.807, 2.05) is 0 Å². The van der Waals surface area contributed by atoms with Crippen molar-refractivity contribution in [3.63, 3.8) is 0 Å². The van der Waals surface area contributed by atoms with Gasteiger partial charge in [0.25, 0.3) is 0 Å². The largest absolute Gasteiger partial charge is 0.504 e. The molecule has 0 saturated heterocycles. The summed E-state index contributed by atoms with van der Waals surface area (Å²) < 4.78 is 10.1. The van der Waals surface area contributed by atoms with Crippen molar-refractivity contribution in [2.24, 2.45) is 0 Å². The molecule has 0 fully saturated rings. The molecule has 0 aliphatic carbocycles. The van der Waals surface area contributed by atoms with Gasteiger partial charge in [0.05, 0.1) is 0 Å². The minimum Gasteiger partial charge on any atom is -0.504 e. The van der Waals surface area contributed by atoms with Crippen LogP contribution in [0.2, 0.25) is 0 Å². The Balaban J connectivity index is 1.37. The molecule has 0 amide bonds. The fourth-order valence-electron chi connectivity index (χ4n) is 4.12. The number of phenolic OH excluding ortho intramolecular Hbond substituents is 6. The van der Waals surface area contributed by atoms with Gasteiger partial charge in [0.15, 0.2) is 23.0 Å². The fourth-order valence-corrected chi connectivity index (χ4v) is 4.12. The first-order chi connectivity index (χ1) is 18.7. The molecule has 216 valence electrons. The first-order valence-electron chi connectivity index (χ1n) is 13.6. The molecule has 2 aromatic rings. The number of ether oxygens (including phenoxy) is 2. The molecule has 0 bridgehead atoms. The zero-order valence-electron chi connectivity index (χ0n) is 22.2. The highest BCUT2D eigenvalue weighted by Gasteiger charge is 2.13. The molecule has 0 heterocycles. The second-order valence-electron chi connectivity index (χ2n) is 9.66. The number of unbranched alkanes of at least 4 members (excludes halogenated alkanes) is 12. The molecule has 10 heteroatoms. The Bertz CT molecular complexity index is 937. The first kappa shape index (κ1) is 31.4. The van der Waals surface area contributed by atoms with Gasteiger partial charge in [-0.3, -0.25) is 9.59 Å². The van der Waals surface area contributed by atoms with Gasteiger partial charge in [-0.15, -0.1) is 0 Å². The smallest absolute Gasteiger partial charge is 0.311 e. The molecule has 0 radical (unpaired) electrons. The van der Waals surface area contributed by atoms with E-state index in [0.717, 1.165) is 75.6 Å². The van der Waals surface area contributed by atoms with Crippen LogP contribution >= 0.6 is 0 Å². The summed E-state index contributed by atoms with van der Waals surface area (Å²) in [4.78, 5) is 23.7. The lowest BCUT2D eigenvalue weighted by molar-refractivity contribution is -0.135. The number of esters is 2. The van der Waals surface area contributed by atoms with Crippen molar-refractivity contribution < 1.29 is 49.7 Å². The second-order valence-corrected chi connectivity index (χ2v) is 9.66. The summed E-state index contributed by atoms with van der Waals surface area (Å²) in [6.07, 6.45) is 14.0. The van der Waals surface area contributed by atoms with Gasteiger partial charge in [-0.1, -0.05) is 70.6 Å². The zero-order valence-corrected chi connectivity index (χ0v) is 22.2. The predicted octanol–water partition coefficient (Wildman–Crippen LogP) is 6.28. The Hall–Kier alpha value is -3.82. The van der Waals surface area contributed by atoms with Crippen LogP contribution < -0.4 is 9.47 Å². The third kappa shape index (κ3) is 12.1. The number of carbonyl (C=O) groups is 2. The summed E-state index contributed by atoms with van der Waals surface area (Å²) in [6.45, 7) is 0. The Morgan fingerprint density at radius 1 is 0.436 bits per heavy atom. The molecule has 0 saturated carbocycles. The number of aromatic hydroxyl groups is 6. The molecule has 0 aliphatic rings. The van der Waals surface area contributed by atoms with E-state index in [2.05, 4.69) is 0 Å². The highest BCUT2D eigenvalue weighted by molar-refractivity contribution is 5.73. The first-order valence-corrected chi connectivity index (χ1v) is 13.6. The maximum absolute atomic E-state index is 11.9. The summed E-state index contributed by atoms with van der Waals surface area (Å²) in [7, 11) is 0. The van der Waals surface area contributed by atoms with E-state index in [4.69, 9.17) is 9.47 Å². The molecular weight excluding hydrogens is 508 g/mol. The summed E-state index contributed by atoms with van der Waals surface area (Å²) in [5.41, 5.74) is 0. The average Bonchev–Trinajstić information content (AvgIpc) is 2.88. The topological polar surface area (TPSA) is 174 Å². The van der Waals surface area contributed by atoms with Crippen LogP contribution in [0.25, 0.3) is 0 Å². The van der Waals surface area contributed by atoms with Crippen molar-refractivity contribution in [3.05, 3.63) is 24.3 Å². The maximum atomic E-state index is 11.9. The van der Waals surface area contributed by atoms with Crippen molar-refractivity contribution in [3.8, 4) is 46.0 Å². The molecule has 6 N–H and O–H groups in total. The van der Waals surface area contributed by atoms with Gasteiger partial charge in [-0.05, 0) is 12.8 Å². The number of carbonyl (C=O) groups excluding carboxylic acids is 2. The number of rotatable bonds is 18. The molecular formula is C29H40O10. The Morgan fingerprint density at radius 2 is 0.667 bits per heavy atom. The van der Waals surface area contributed by atoms with Crippen LogP contribution in [0.1, 0.15) is 96.3 Å². The fraction of sp³-hybridized carbons (Fsp3) is 0.517. The van der Waals surface area contributed by atoms with Crippen LogP contribution in [0, 0.1) is 0 Å². The predicted molar refractivity (Wildman–Crippen MR) is 143 cm³/mol. The van der Waals surface area contributed by atoms with Gasteiger partial charge in [0.2, 0.25) is 11.5 Å². The lowest BCUT2D eigenvalue weighted by atomic mass is 10.0. The minimum atomic E-state index is -0.650. The summed E-state index contributed by atoms with van der Waals surface area (Å²) in [6, 6.07) is 4.32. The minimum absolute atomic E-state index is 0.00964. The van der Waals surface area contributed by atoms with Crippen LogP contribution in [-0.2, 0) is 9.59 Å². The molecule has 39 heavy (non-hydrogen) atoms. The van der Waals surface area contributed by atoms with Crippen molar-refractivity contribution >= 4 is 11.9 Å². The Labute approximate surface area is 228 Å². The van der Waals surface area contributed by atoms with Gasteiger partial charge in [0.1, 0.15) is 11.5 Å². The van der Waals surface area contributed by atoms with E-state index in [9.17, 15) is 40.2 Å². The Kier molecular flexibility index (Phi) is 13.6. The van der Waals surface area contributed by atoms with Crippen LogP contribution in [-0.4, -0.2) is 42.6 Å². The standard InChI is InChI=1S/C29H40O10/c30-22-16-20(17-23(31)28(22)36)38-26(34)14-12-10-8-6-4-2-1-3-5-7-9-11-13-15-27(35)39-21-18-24(32)29(37)25(33)19-21/h16-19,30-33,36-37H,1-15H2. The second kappa shape index (κ2) is 16.9. The SMILES string of the molecule is O=C(CCCCCCCCCCCCCCCC(=O)Oc1cc(O)c(O)c(O)c1)Oc1cc(O)c(O)c(O)c1. The molecule has 2 aromatic carbocycles. The number of hydrogen-bond acceptors (Lipinski definition) is 10. The van der Waals surface area contributed by atoms with Gasteiger partial charge in [-0.25, -0.2) is 0 Å². The van der Waals surface area contributed by atoms with E-state index in [1.54, 1.807) is 0 Å². The van der Waals surface area contributed by atoms with Crippen LogP contribution in [0.5, 0.6) is 46.0 Å². The van der Waals surface area contributed by atoms with Crippen molar-refractivity contribution in [1.82, 2.24) is 0 Å².